The molecule has 2 aliphatic rings. The zero-order valence-corrected chi connectivity index (χ0v) is 13.0. The van der Waals surface area contributed by atoms with Gasteiger partial charge in [-0.1, -0.05) is 32.8 Å². The number of rotatable bonds is 3. The third-order valence-corrected chi connectivity index (χ3v) is 5.17. The van der Waals surface area contributed by atoms with E-state index in [0.717, 1.165) is 0 Å². The molecule has 0 aromatic heterocycles. The molecule has 2 fully saturated rings. The fourth-order valence-corrected chi connectivity index (χ4v) is 3.73. The van der Waals surface area contributed by atoms with Gasteiger partial charge in [-0.05, 0) is 49.3 Å². The van der Waals surface area contributed by atoms with Crippen molar-refractivity contribution >= 4 is 11.4 Å². The molecule has 110 valence electrons. The van der Waals surface area contributed by atoms with Crippen LogP contribution in [0.5, 0.6) is 0 Å². The van der Waals surface area contributed by atoms with Gasteiger partial charge in [-0.15, -0.1) is 0 Å². The minimum Gasteiger partial charge on any atom is -0.382 e. The first-order valence-corrected chi connectivity index (χ1v) is 8.27. The van der Waals surface area contributed by atoms with Crippen molar-refractivity contribution in [1.29, 1.82) is 0 Å². The van der Waals surface area contributed by atoms with Gasteiger partial charge in [-0.25, -0.2) is 0 Å². The number of nitrogens with one attached hydrogen (secondary N) is 1. The first kappa shape index (κ1) is 13.8. The van der Waals surface area contributed by atoms with E-state index in [9.17, 15) is 0 Å². The summed E-state index contributed by atoms with van der Waals surface area (Å²) >= 11 is 0. The van der Waals surface area contributed by atoms with E-state index in [-0.39, 0.29) is 0 Å². The van der Waals surface area contributed by atoms with Crippen LogP contribution < -0.4 is 10.2 Å². The summed E-state index contributed by atoms with van der Waals surface area (Å²) in [6.07, 6.45) is 8.09. The maximum absolute atomic E-state index is 3.81. The van der Waals surface area contributed by atoms with Crippen molar-refractivity contribution in [3.05, 3.63) is 24.3 Å². The molecule has 1 N–H and O–H groups in total. The SMILES string of the molecule is CC1(C)CCCCC1Nc1cccc(N2CCCC2)c1. The van der Waals surface area contributed by atoms with Crippen LogP contribution in [0.1, 0.15) is 52.4 Å². The number of hydrogen-bond acceptors (Lipinski definition) is 2. The third kappa shape index (κ3) is 2.94. The Balaban J connectivity index is 1.72. The maximum Gasteiger partial charge on any atom is 0.0386 e. The molecule has 1 saturated heterocycles. The van der Waals surface area contributed by atoms with Crippen molar-refractivity contribution in [2.24, 2.45) is 5.41 Å². The molecule has 0 radical (unpaired) electrons. The molecular weight excluding hydrogens is 244 g/mol. The summed E-state index contributed by atoms with van der Waals surface area (Å²) in [5, 5.41) is 3.81. The van der Waals surface area contributed by atoms with Gasteiger partial charge in [-0.2, -0.15) is 0 Å². The molecule has 20 heavy (non-hydrogen) atoms. The fourth-order valence-electron chi connectivity index (χ4n) is 3.73. The molecule has 1 saturated carbocycles. The van der Waals surface area contributed by atoms with Crippen LogP contribution in [-0.2, 0) is 0 Å². The van der Waals surface area contributed by atoms with Crippen LogP contribution in [0.4, 0.5) is 11.4 Å². The largest absolute Gasteiger partial charge is 0.382 e. The Morgan fingerprint density at radius 3 is 2.65 bits per heavy atom. The number of nitrogens with zero attached hydrogens (tertiary/aromatic N) is 1. The average molecular weight is 272 g/mol. The van der Waals surface area contributed by atoms with Gasteiger partial charge in [0, 0.05) is 30.5 Å². The van der Waals surface area contributed by atoms with E-state index in [0.29, 0.717) is 11.5 Å². The summed E-state index contributed by atoms with van der Waals surface area (Å²) in [6.45, 7) is 7.26. The summed E-state index contributed by atoms with van der Waals surface area (Å²) in [5.74, 6) is 0. The standard InChI is InChI=1S/C18H28N2/c1-18(2)11-4-3-10-17(18)19-15-8-7-9-16(14-15)20-12-5-6-13-20/h7-9,14,17,19H,3-6,10-13H2,1-2H3. The van der Waals surface area contributed by atoms with Gasteiger partial charge in [0.25, 0.3) is 0 Å². The molecule has 1 atom stereocenters. The lowest BCUT2D eigenvalue weighted by atomic mass is 9.73. The molecule has 1 aromatic rings. The van der Waals surface area contributed by atoms with E-state index in [1.165, 1.54) is 63.0 Å². The summed E-state index contributed by atoms with van der Waals surface area (Å²) in [5.41, 5.74) is 3.11. The van der Waals surface area contributed by atoms with E-state index in [4.69, 9.17) is 0 Å². The number of hydrogen-bond donors (Lipinski definition) is 1. The van der Waals surface area contributed by atoms with Gasteiger partial charge >= 0.3 is 0 Å². The van der Waals surface area contributed by atoms with Crippen molar-refractivity contribution in [3.63, 3.8) is 0 Å². The molecule has 3 rings (SSSR count). The third-order valence-electron chi connectivity index (χ3n) is 5.17. The highest BCUT2D eigenvalue weighted by Gasteiger charge is 2.32. The summed E-state index contributed by atoms with van der Waals surface area (Å²) < 4.78 is 0. The van der Waals surface area contributed by atoms with Crippen LogP contribution in [0, 0.1) is 5.41 Å². The van der Waals surface area contributed by atoms with E-state index in [1.807, 2.05) is 0 Å². The van der Waals surface area contributed by atoms with Crippen LogP contribution in [0.25, 0.3) is 0 Å². The van der Waals surface area contributed by atoms with Crippen LogP contribution >= 0.6 is 0 Å². The average Bonchev–Trinajstić information content (AvgIpc) is 2.96. The Morgan fingerprint density at radius 2 is 1.90 bits per heavy atom. The molecule has 1 unspecified atom stereocenters. The Hall–Kier alpha value is -1.18. The van der Waals surface area contributed by atoms with E-state index in [2.05, 4.69) is 48.3 Å². The molecule has 1 aliphatic carbocycles. The van der Waals surface area contributed by atoms with E-state index in [1.54, 1.807) is 0 Å². The highest BCUT2D eigenvalue weighted by atomic mass is 15.1. The molecular formula is C18H28N2. The highest BCUT2D eigenvalue weighted by molar-refractivity contribution is 5.59. The normalized spacial score (nSPS) is 25.7. The Kier molecular flexibility index (Phi) is 3.91. The van der Waals surface area contributed by atoms with Crippen molar-refractivity contribution in [2.75, 3.05) is 23.3 Å². The minimum absolute atomic E-state index is 0.419. The molecule has 1 aliphatic heterocycles. The van der Waals surface area contributed by atoms with Crippen molar-refractivity contribution in [3.8, 4) is 0 Å². The van der Waals surface area contributed by atoms with Crippen molar-refractivity contribution in [2.45, 2.75) is 58.4 Å². The van der Waals surface area contributed by atoms with Crippen molar-refractivity contribution < 1.29 is 0 Å². The second-order valence-electron chi connectivity index (χ2n) is 7.18. The van der Waals surface area contributed by atoms with E-state index >= 15 is 0 Å². The highest BCUT2D eigenvalue weighted by Crippen LogP contribution is 2.37. The lowest BCUT2D eigenvalue weighted by Gasteiger charge is -2.39. The predicted molar refractivity (Wildman–Crippen MR) is 87.5 cm³/mol. The van der Waals surface area contributed by atoms with Gasteiger partial charge in [-0.3, -0.25) is 0 Å². The fraction of sp³-hybridized carbons (Fsp3) is 0.667. The topological polar surface area (TPSA) is 15.3 Å². The summed E-state index contributed by atoms with van der Waals surface area (Å²) in [6, 6.07) is 9.64. The molecule has 1 heterocycles. The van der Waals surface area contributed by atoms with Crippen LogP contribution in [0.15, 0.2) is 24.3 Å². The van der Waals surface area contributed by atoms with E-state index < -0.39 is 0 Å². The second-order valence-corrected chi connectivity index (χ2v) is 7.18. The monoisotopic (exact) mass is 272 g/mol. The zero-order chi connectivity index (χ0) is 14.0. The minimum atomic E-state index is 0.419. The van der Waals surface area contributed by atoms with Crippen LogP contribution in [-0.4, -0.2) is 19.1 Å². The molecule has 1 aromatic carbocycles. The summed E-state index contributed by atoms with van der Waals surface area (Å²) in [7, 11) is 0. The number of anilines is 2. The predicted octanol–water partition coefficient (Wildman–Crippen LogP) is 4.67. The first-order chi connectivity index (χ1) is 9.65. The Morgan fingerprint density at radius 1 is 1.10 bits per heavy atom. The van der Waals surface area contributed by atoms with Gasteiger partial charge in [0.1, 0.15) is 0 Å². The smallest absolute Gasteiger partial charge is 0.0386 e. The quantitative estimate of drug-likeness (QED) is 0.860. The lowest BCUT2D eigenvalue weighted by Crippen LogP contribution is -2.38. The van der Waals surface area contributed by atoms with Crippen LogP contribution in [0.3, 0.4) is 0 Å². The molecule has 2 nitrogen and oxygen atoms in total. The molecule has 0 spiro atoms. The summed E-state index contributed by atoms with van der Waals surface area (Å²) in [4.78, 5) is 2.51. The van der Waals surface area contributed by atoms with Crippen LogP contribution in [0.2, 0.25) is 0 Å². The van der Waals surface area contributed by atoms with Gasteiger partial charge < -0.3 is 10.2 Å². The maximum atomic E-state index is 3.81. The van der Waals surface area contributed by atoms with Gasteiger partial charge in [0.05, 0.1) is 0 Å². The Labute approximate surface area is 123 Å². The van der Waals surface area contributed by atoms with Gasteiger partial charge in [0.15, 0.2) is 0 Å². The molecule has 2 heteroatoms. The first-order valence-electron chi connectivity index (χ1n) is 8.27. The Bertz CT molecular complexity index is 446. The number of benzene rings is 1. The lowest BCUT2D eigenvalue weighted by molar-refractivity contribution is 0.217. The van der Waals surface area contributed by atoms with Gasteiger partial charge in [0.2, 0.25) is 0 Å². The molecule has 0 amide bonds. The second kappa shape index (κ2) is 5.67. The van der Waals surface area contributed by atoms with Crippen molar-refractivity contribution in [1.82, 2.24) is 0 Å². The molecule has 0 bridgehead atoms. The zero-order valence-electron chi connectivity index (χ0n) is 13.0.